The largest absolute Gasteiger partial charge is 0.368 e. The molecule has 0 aliphatic carbocycles. The van der Waals surface area contributed by atoms with Crippen LogP contribution >= 0.6 is 7.60 Å². The first kappa shape index (κ1) is 34.8. The van der Waals surface area contributed by atoms with Crippen LogP contribution in [-0.4, -0.2) is 56.9 Å². The van der Waals surface area contributed by atoms with Gasteiger partial charge in [-0.2, -0.15) is 0 Å². The molecule has 0 amide bonds. The molecule has 0 spiro atoms. The Balaban J connectivity index is 1.51. The van der Waals surface area contributed by atoms with Gasteiger partial charge in [-0.25, -0.2) is 0 Å². The summed E-state index contributed by atoms with van der Waals surface area (Å²) in [6.07, 6.45) is -5.43. The molecular formula is C37H41O9P. The second-order valence-corrected chi connectivity index (χ2v) is 13.4. The van der Waals surface area contributed by atoms with Crippen molar-refractivity contribution in [3.63, 3.8) is 0 Å². The van der Waals surface area contributed by atoms with Crippen molar-refractivity contribution in [1.82, 2.24) is 0 Å². The maximum Gasteiger partial charge on any atom is 0.337 e. The summed E-state index contributed by atoms with van der Waals surface area (Å²) in [7, 11) is -1.25. The van der Waals surface area contributed by atoms with E-state index >= 15 is 0 Å². The zero-order chi connectivity index (χ0) is 32.9. The van der Waals surface area contributed by atoms with E-state index in [2.05, 4.69) is 0 Å². The van der Waals surface area contributed by atoms with Gasteiger partial charge in [0.15, 0.2) is 12.1 Å². The van der Waals surface area contributed by atoms with E-state index in [1.165, 1.54) is 14.2 Å². The minimum absolute atomic E-state index is 0.164. The highest BCUT2D eigenvalue weighted by molar-refractivity contribution is 7.54. The number of carbonyl (C=O) groups is 1. The van der Waals surface area contributed by atoms with Crippen molar-refractivity contribution in [2.24, 2.45) is 0 Å². The van der Waals surface area contributed by atoms with Gasteiger partial charge in [-0.05, 0) is 22.3 Å². The van der Waals surface area contributed by atoms with Gasteiger partial charge in [-0.15, -0.1) is 0 Å². The second-order valence-electron chi connectivity index (χ2n) is 11.1. The lowest BCUT2D eigenvalue weighted by Crippen LogP contribution is -2.63. The number of carbonyl (C=O) groups excluding carboxylic acids is 1. The predicted octanol–water partition coefficient (Wildman–Crippen LogP) is 6.74. The van der Waals surface area contributed by atoms with Crippen LogP contribution in [0, 0.1) is 0 Å². The van der Waals surface area contributed by atoms with Gasteiger partial charge in [0.1, 0.15) is 30.6 Å². The van der Waals surface area contributed by atoms with Gasteiger partial charge in [0.05, 0.1) is 26.4 Å². The molecule has 4 aromatic rings. The summed E-state index contributed by atoms with van der Waals surface area (Å²) in [4.78, 5) is 14.0. The molecule has 5 atom stereocenters. The van der Waals surface area contributed by atoms with Gasteiger partial charge in [0.25, 0.3) is 0 Å². The van der Waals surface area contributed by atoms with Crippen molar-refractivity contribution in [3.05, 3.63) is 144 Å². The fraction of sp³-hybridized carbons (Fsp3) is 0.324. The van der Waals surface area contributed by atoms with E-state index in [0.717, 1.165) is 22.3 Å². The number of hydrogen-bond donors (Lipinski definition) is 0. The molecule has 0 unspecified atom stereocenters. The van der Waals surface area contributed by atoms with Gasteiger partial charge in [0.2, 0.25) is 0 Å². The minimum Gasteiger partial charge on any atom is -0.368 e. The molecule has 4 aromatic carbocycles. The van der Waals surface area contributed by atoms with Gasteiger partial charge >= 0.3 is 7.60 Å². The van der Waals surface area contributed by atoms with E-state index in [-0.39, 0.29) is 26.4 Å². The Morgan fingerprint density at radius 1 is 0.553 bits per heavy atom. The van der Waals surface area contributed by atoms with E-state index in [1.807, 2.05) is 121 Å². The first-order valence-electron chi connectivity index (χ1n) is 15.5. The highest BCUT2D eigenvalue weighted by Crippen LogP contribution is 2.47. The molecule has 47 heavy (non-hydrogen) atoms. The smallest absolute Gasteiger partial charge is 0.337 e. The van der Waals surface area contributed by atoms with Gasteiger partial charge < -0.3 is 32.7 Å². The number of ketones is 1. The van der Waals surface area contributed by atoms with Crippen molar-refractivity contribution in [2.45, 2.75) is 57.1 Å². The molecule has 5 rings (SSSR count). The van der Waals surface area contributed by atoms with E-state index in [9.17, 15) is 9.36 Å². The molecule has 1 aliphatic heterocycles. The second kappa shape index (κ2) is 17.6. The SMILES string of the molecule is COP(=O)(CC(=O)[C@H]1O[C@H](OCc2ccccc2)[C@@H](OCc2ccccc2)[C@@H](OCc2ccccc2)[C@@H]1OCc1ccccc1)OC. The van der Waals surface area contributed by atoms with Gasteiger partial charge in [0, 0.05) is 14.2 Å². The molecule has 1 heterocycles. The van der Waals surface area contributed by atoms with E-state index in [1.54, 1.807) is 0 Å². The van der Waals surface area contributed by atoms with E-state index < -0.39 is 50.2 Å². The highest BCUT2D eigenvalue weighted by atomic mass is 31.2. The summed E-state index contributed by atoms with van der Waals surface area (Å²) in [5, 5.41) is 0. The summed E-state index contributed by atoms with van der Waals surface area (Å²) in [5.74, 6) is -0.529. The maximum atomic E-state index is 14.0. The van der Waals surface area contributed by atoms with Crippen LogP contribution < -0.4 is 0 Å². The number of Topliss-reactive ketones (excluding diaryl/α,β-unsaturated/α-hetero) is 1. The molecule has 10 heteroatoms. The molecular weight excluding hydrogens is 619 g/mol. The van der Waals surface area contributed by atoms with Crippen molar-refractivity contribution in [2.75, 3.05) is 20.4 Å². The number of benzene rings is 4. The summed E-state index contributed by atoms with van der Waals surface area (Å²) in [5.41, 5.74) is 3.67. The van der Waals surface area contributed by atoms with E-state index in [0.29, 0.717) is 0 Å². The Morgan fingerprint density at radius 3 is 1.32 bits per heavy atom. The summed E-state index contributed by atoms with van der Waals surface area (Å²) < 4.78 is 55.9. The third-order valence-electron chi connectivity index (χ3n) is 7.83. The maximum absolute atomic E-state index is 14.0. The molecule has 0 bridgehead atoms. The number of rotatable bonds is 17. The lowest BCUT2D eigenvalue weighted by molar-refractivity contribution is -0.319. The van der Waals surface area contributed by atoms with Crippen molar-refractivity contribution in [1.29, 1.82) is 0 Å². The highest BCUT2D eigenvalue weighted by Gasteiger charge is 2.52. The first-order chi connectivity index (χ1) is 23.0. The fourth-order valence-corrected chi connectivity index (χ4v) is 6.26. The molecule has 9 nitrogen and oxygen atoms in total. The average molecular weight is 661 g/mol. The third kappa shape index (κ3) is 10.00. The summed E-state index contributed by atoms with van der Waals surface area (Å²) in [6, 6.07) is 38.7. The Labute approximate surface area is 276 Å². The molecule has 1 aliphatic rings. The molecule has 0 saturated carbocycles. The van der Waals surface area contributed by atoms with Crippen LogP contribution in [0.1, 0.15) is 22.3 Å². The van der Waals surface area contributed by atoms with Crippen LogP contribution in [0.25, 0.3) is 0 Å². The predicted molar refractivity (Wildman–Crippen MR) is 176 cm³/mol. The molecule has 1 saturated heterocycles. The van der Waals surface area contributed by atoms with Crippen molar-refractivity contribution in [3.8, 4) is 0 Å². The Bertz CT molecular complexity index is 1530. The minimum atomic E-state index is -3.74. The average Bonchev–Trinajstić information content (AvgIpc) is 3.13. The quantitative estimate of drug-likeness (QED) is 0.114. The van der Waals surface area contributed by atoms with Gasteiger partial charge in [-0.3, -0.25) is 9.36 Å². The standard InChI is InChI=1S/C37H41O9P/c1-40-47(39,41-2)27-32(38)33-34(42-23-28-15-7-3-8-16-28)35(43-24-29-17-9-4-10-18-29)36(44-25-30-19-11-5-12-20-30)37(46-33)45-26-31-21-13-6-14-22-31/h3-22,33-37H,23-27H2,1-2H3/t33-,34-,35+,36+,37+/m1/s1. The fourth-order valence-electron chi connectivity index (χ4n) is 5.29. The third-order valence-corrected chi connectivity index (χ3v) is 9.64. The molecule has 0 radical (unpaired) electrons. The van der Waals surface area contributed by atoms with Crippen molar-refractivity contribution >= 4 is 13.4 Å². The topological polar surface area (TPSA) is 98.8 Å². The lowest BCUT2D eigenvalue weighted by Gasteiger charge is -2.45. The van der Waals surface area contributed by atoms with Crippen LogP contribution in [0.4, 0.5) is 0 Å². The lowest BCUT2D eigenvalue weighted by atomic mass is 9.95. The van der Waals surface area contributed by atoms with Crippen LogP contribution in [0.2, 0.25) is 0 Å². The molecule has 0 N–H and O–H groups in total. The van der Waals surface area contributed by atoms with Crippen LogP contribution in [0.15, 0.2) is 121 Å². The Morgan fingerprint density at radius 2 is 0.915 bits per heavy atom. The molecule has 0 aromatic heterocycles. The molecule has 248 valence electrons. The Kier molecular flexibility index (Phi) is 13.0. The van der Waals surface area contributed by atoms with Gasteiger partial charge in [-0.1, -0.05) is 121 Å². The Hall–Kier alpha value is -3.50. The van der Waals surface area contributed by atoms with Crippen LogP contribution in [0.3, 0.4) is 0 Å². The van der Waals surface area contributed by atoms with Crippen LogP contribution in [0.5, 0.6) is 0 Å². The zero-order valence-electron chi connectivity index (χ0n) is 26.6. The van der Waals surface area contributed by atoms with Crippen LogP contribution in [-0.2, 0) is 68.5 Å². The zero-order valence-corrected chi connectivity index (χ0v) is 27.5. The number of ether oxygens (including phenoxy) is 5. The number of hydrogen-bond acceptors (Lipinski definition) is 9. The first-order valence-corrected chi connectivity index (χ1v) is 17.2. The summed E-state index contributed by atoms with van der Waals surface area (Å²) >= 11 is 0. The summed E-state index contributed by atoms with van der Waals surface area (Å²) in [6.45, 7) is 0.797. The van der Waals surface area contributed by atoms with E-state index in [4.69, 9.17) is 32.7 Å². The monoisotopic (exact) mass is 660 g/mol. The normalized spacial score (nSPS) is 21.4. The molecule has 1 fully saturated rings. The van der Waals surface area contributed by atoms with Crippen molar-refractivity contribution < 1.29 is 42.1 Å².